The molecule has 0 atom stereocenters. The molecule has 29 heavy (non-hydrogen) atoms. The average Bonchev–Trinajstić information content (AvgIpc) is 2.72. The maximum atomic E-state index is 12.0. The van der Waals surface area contributed by atoms with Gasteiger partial charge in [-0.2, -0.15) is 0 Å². The predicted octanol–water partition coefficient (Wildman–Crippen LogP) is 2.20. The van der Waals surface area contributed by atoms with E-state index in [1.54, 1.807) is 37.3 Å². The van der Waals surface area contributed by atoms with Gasteiger partial charge in [-0.25, -0.2) is 0 Å². The molecular formula is C21H24N2O6. The van der Waals surface area contributed by atoms with Crippen LogP contribution in [0.3, 0.4) is 0 Å². The number of hydrogen-bond acceptors (Lipinski definition) is 7. The van der Waals surface area contributed by atoms with Crippen molar-refractivity contribution >= 4 is 12.0 Å². The van der Waals surface area contributed by atoms with Gasteiger partial charge in [-0.05, 0) is 24.6 Å². The van der Waals surface area contributed by atoms with Gasteiger partial charge in [-0.3, -0.25) is 9.78 Å². The quantitative estimate of drug-likeness (QED) is 0.396. The summed E-state index contributed by atoms with van der Waals surface area (Å²) in [5.74, 6) is 0.0545. The predicted molar refractivity (Wildman–Crippen MR) is 108 cm³/mol. The minimum atomic E-state index is -0.367. The maximum Gasteiger partial charge on any atom is 0.244 e. The van der Waals surface area contributed by atoms with Crippen molar-refractivity contribution in [1.82, 2.24) is 10.3 Å². The molecule has 0 unspecified atom stereocenters. The van der Waals surface area contributed by atoms with Gasteiger partial charge in [0.25, 0.3) is 0 Å². The first-order chi connectivity index (χ1) is 13.9. The number of allylic oxidation sites excluding steroid dienone is 2. The monoisotopic (exact) mass is 400 g/mol. The Labute approximate surface area is 168 Å². The van der Waals surface area contributed by atoms with E-state index in [2.05, 4.69) is 10.3 Å². The normalized spacial score (nSPS) is 11.2. The summed E-state index contributed by atoms with van der Waals surface area (Å²) in [6, 6.07) is 3.26. The highest BCUT2D eigenvalue weighted by molar-refractivity contribution is 5.88. The average molecular weight is 400 g/mol. The number of hydrogen-bond donors (Lipinski definition) is 4. The SMILES string of the molecule is COc1cc(C=CC=CC(=O)NCc2c(CO)cnc(C)c2O)cc(OC)c1O. The van der Waals surface area contributed by atoms with Crippen LogP contribution in [0, 0.1) is 6.92 Å². The fraction of sp³-hybridized carbons (Fsp3) is 0.238. The molecule has 0 aliphatic heterocycles. The smallest absolute Gasteiger partial charge is 0.244 e. The van der Waals surface area contributed by atoms with Crippen molar-refractivity contribution in [2.75, 3.05) is 14.2 Å². The van der Waals surface area contributed by atoms with Gasteiger partial charge in [0.15, 0.2) is 11.5 Å². The fourth-order valence-corrected chi connectivity index (χ4v) is 2.57. The molecule has 0 fully saturated rings. The molecule has 154 valence electrons. The zero-order chi connectivity index (χ0) is 21.4. The molecule has 1 heterocycles. The number of phenols is 1. The highest BCUT2D eigenvalue weighted by atomic mass is 16.5. The van der Waals surface area contributed by atoms with Crippen LogP contribution in [0.25, 0.3) is 6.08 Å². The summed E-state index contributed by atoms with van der Waals surface area (Å²) in [7, 11) is 2.88. The third-order valence-electron chi connectivity index (χ3n) is 4.19. The molecule has 0 saturated heterocycles. The summed E-state index contributed by atoms with van der Waals surface area (Å²) in [6.45, 7) is 1.41. The number of aliphatic hydroxyl groups is 1. The van der Waals surface area contributed by atoms with Crippen LogP contribution in [-0.4, -0.2) is 40.4 Å². The minimum Gasteiger partial charge on any atom is -0.506 e. The summed E-state index contributed by atoms with van der Waals surface area (Å²) in [5.41, 5.74) is 2.02. The zero-order valence-corrected chi connectivity index (χ0v) is 16.5. The van der Waals surface area contributed by atoms with Gasteiger partial charge in [0.05, 0.1) is 26.5 Å². The molecule has 0 aliphatic carbocycles. The van der Waals surface area contributed by atoms with Crippen LogP contribution < -0.4 is 14.8 Å². The van der Waals surface area contributed by atoms with Crippen LogP contribution in [0.5, 0.6) is 23.0 Å². The summed E-state index contributed by atoms with van der Waals surface area (Å²) in [4.78, 5) is 16.0. The number of aryl methyl sites for hydroxylation is 1. The Morgan fingerprint density at radius 3 is 2.38 bits per heavy atom. The number of aliphatic hydroxyl groups excluding tert-OH is 1. The molecule has 4 N–H and O–H groups in total. The number of phenolic OH excluding ortho intramolecular Hbond substituents is 1. The largest absolute Gasteiger partial charge is 0.506 e. The standard InChI is InChI=1S/C21H24N2O6/c1-13-20(26)16(15(12-24)10-22-13)11-23-19(25)7-5-4-6-14-8-17(28-2)21(27)18(9-14)29-3/h4-10,24,26-27H,11-12H2,1-3H3,(H,23,25). The van der Waals surface area contributed by atoms with E-state index in [4.69, 9.17) is 9.47 Å². The Balaban J connectivity index is 2.01. The number of aromatic nitrogens is 1. The van der Waals surface area contributed by atoms with Crippen LogP contribution in [0.4, 0.5) is 0 Å². The van der Waals surface area contributed by atoms with Gasteiger partial charge < -0.3 is 30.1 Å². The lowest BCUT2D eigenvalue weighted by molar-refractivity contribution is -0.116. The molecule has 8 nitrogen and oxygen atoms in total. The Kier molecular flexibility index (Phi) is 7.62. The van der Waals surface area contributed by atoms with Crippen molar-refractivity contribution in [3.05, 3.63) is 58.9 Å². The van der Waals surface area contributed by atoms with Crippen molar-refractivity contribution in [2.45, 2.75) is 20.1 Å². The lowest BCUT2D eigenvalue weighted by Crippen LogP contribution is -2.21. The van der Waals surface area contributed by atoms with Crippen molar-refractivity contribution in [3.63, 3.8) is 0 Å². The lowest BCUT2D eigenvalue weighted by atomic mass is 10.1. The van der Waals surface area contributed by atoms with E-state index in [1.807, 2.05) is 0 Å². The van der Waals surface area contributed by atoms with Gasteiger partial charge in [0, 0.05) is 29.9 Å². The maximum absolute atomic E-state index is 12.0. The minimum absolute atomic E-state index is 0.0454. The van der Waals surface area contributed by atoms with Gasteiger partial charge in [0.2, 0.25) is 11.7 Å². The molecular weight excluding hydrogens is 376 g/mol. The van der Waals surface area contributed by atoms with E-state index in [1.165, 1.54) is 26.5 Å². The first-order valence-corrected chi connectivity index (χ1v) is 8.76. The van der Waals surface area contributed by atoms with E-state index in [0.29, 0.717) is 22.4 Å². The van der Waals surface area contributed by atoms with Gasteiger partial charge in [-0.1, -0.05) is 18.2 Å². The number of nitrogens with one attached hydrogen (secondary N) is 1. The number of amides is 1. The Hall–Kier alpha value is -3.52. The van der Waals surface area contributed by atoms with Crippen molar-refractivity contribution in [2.24, 2.45) is 0 Å². The van der Waals surface area contributed by atoms with Crippen LogP contribution in [0.15, 0.2) is 36.6 Å². The second-order valence-electron chi connectivity index (χ2n) is 6.06. The summed E-state index contributed by atoms with van der Waals surface area (Å²) in [5, 5.41) is 32.0. The molecule has 8 heteroatoms. The van der Waals surface area contributed by atoms with Crippen molar-refractivity contribution in [3.8, 4) is 23.0 Å². The van der Waals surface area contributed by atoms with Crippen LogP contribution >= 0.6 is 0 Å². The first kappa shape index (κ1) is 21.8. The third kappa shape index (κ3) is 5.49. The second kappa shape index (κ2) is 10.1. The highest BCUT2D eigenvalue weighted by Crippen LogP contribution is 2.37. The third-order valence-corrected chi connectivity index (χ3v) is 4.19. The molecule has 1 aromatic heterocycles. The first-order valence-electron chi connectivity index (χ1n) is 8.76. The zero-order valence-electron chi connectivity index (χ0n) is 16.5. The van der Waals surface area contributed by atoms with E-state index in [-0.39, 0.29) is 42.1 Å². The molecule has 0 saturated carbocycles. The van der Waals surface area contributed by atoms with Gasteiger partial charge >= 0.3 is 0 Å². The molecule has 1 amide bonds. The number of nitrogens with zero attached hydrogens (tertiary/aromatic N) is 1. The number of carbonyl (C=O) groups excluding carboxylic acids is 1. The van der Waals surface area contributed by atoms with Crippen LogP contribution in [0.1, 0.15) is 22.4 Å². The van der Waals surface area contributed by atoms with E-state index in [0.717, 1.165) is 0 Å². The summed E-state index contributed by atoms with van der Waals surface area (Å²) < 4.78 is 10.2. The van der Waals surface area contributed by atoms with Gasteiger partial charge in [-0.15, -0.1) is 0 Å². The molecule has 1 aromatic carbocycles. The van der Waals surface area contributed by atoms with Gasteiger partial charge in [0.1, 0.15) is 5.75 Å². The van der Waals surface area contributed by atoms with E-state index < -0.39 is 0 Å². The number of rotatable bonds is 8. The lowest BCUT2D eigenvalue weighted by Gasteiger charge is -2.11. The molecule has 2 rings (SSSR count). The van der Waals surface area contributed by atoms with Crippen molar-refractivity contribution < 1.29 is 29.6 Å². The Morgan fingerprint density at radius 1 is 1.14 bits per heavy atom. The van der Waals surface area contributed by atoms with Crippen molar-refractivity contribution in [1.29, 1.82) is 0 Å². The fourth-order valence-electron chi connectivity index (χ4n) is 2.57. The second-order valence-corrected chi connectivity index (χ2v) is 6.06. The van der Waals surface area contributed by atoms with E-state index >= 15 is 0 Å². The van der Waals surface area contributed by atoms with E-state index in [9.17, 15) is 20.1 Å². The van der Waals surface area contributed by atoms with Crippen LogP contribution in [0.2, 0.25) is 0 Å². The van der Waals surface area contributed by atoms with Crippen LogP contribution in [-0.2, 0) is 17.9 Å². The molecule has 0 spiro atoms. The topological polar surface area (TPSA) is 121 Å². The molecule has 0 bridgehead atoms. The molecule has 0 aliphatic rings. The number of pyridine rings is 1. The number of benzene rings is 1. The number of aromatic hydroxyl groups is 2. The Bertz CT molecular complexity index is 912. The highest BCUT2D eigenvalue weighted by Gasteiger charge is 2.12. The number of methoxy groups -OCH3 is 2. The summed E-state index contributed by atoms with van der Waals surface area (Å²) in [6.07, 6.45) is 7.71. The molecule has 0 radical (unpaired) electrons. The Morgan fingerprint density at radius 2 is 1.79 bits per heavy atom. The summed E-state index contributed by atoms with van der Waals surface area (Å²) >= 11 is 0. The number of ether oxygens (including phenoxy) is 2. The molecule has 2 aromatic rings. The number of carbonyl (C=O) groups is 1.